The predicted octanol–water partition coefficient (Wildman–Crippen LogP) is 2.69. The van der Waals surface area contributed by atoms with E-state index < -0.39 is 14.9 Å². The monoisotopic (exact) mass is 335 g/mol. The number of nitrogens with two attached hydrogens (primary N) is 1. The van der Waals surface area contributed by atoms with E-state index >= 15 is 0 Å². The molecule has 0 aliphatic heterocycles. The standard InChI is InChI=1S/C12H21N3O4S2/c1-4-9(5-2)8-14(6-3)21(18,19)11-7-10(15(16)17)12(13)20-11/h7,9H,4-6,8,13H2,1-3H3. The van der Waals surface area contributed by atoms with Gasteiger partial charge in [-0.25, -0.2) is 8.42 Å². The van der Waals surface area contributed by atoms with Crippen LogP contribution in [0.25, 0.3) is 0 Å². The number of sulfonamides is 1. The van der Waals surface area contributed by atoms with Crippen molar-refractivity contribution in [2.75, 3.05) is 18.8 Å². The van der Waals surface area contributed by atoms with E-state index in [0.717, 1.165) is 30.2 Å². The van der Waals surface area contributed by atoms with Crippen LogP contribution in [-0.2, 0) is 10.0 Å². The van der Waals surface area contributed by atoms with Gasteiger partial charge in [-0.3, -0.25) is 10.1 Å². The second kappa shape index (κ2) is 7.19. The van der Waals surface area contributed by atoms with Gasteiger partial charge in [0.05, 0.1) is 4.92 Å². The Bertz CT molecular complexity index is 594. The third-order valence-electron chi connectivity index (χ3n) is 3.48. The van der Waals surface area contributed by atoms with E-state index in [-0.39, 0.29) is 20.8 Å². The number of hydrogen-bond acceptors (Lipinski definition) is 6. The average molecular weight is 335 g/mol. The molecule has 0 saturated heterocycles. The molecule has 2 N–H and O–H groups in total. The van der Waals surface area contributed by atoms with Gasteiger partial charge in [0.25, 0.3) is 10.0 Å². The SMILES string of the molecule is CCC(CC)CN(CC)S(=O)(=O)c1cc([N+](=O)[O-])c(N)s1. The molecule has 0 atom stereocenters. The molecule has 1 aromatic rings. The van der Waals surface area contributed by atoms with Gasteiger partial charge in [0.1, 0.15) is 4.21 Å². The van der Waals surface area contributed by atoms with Crippen LogP contribution in [0.15, 0.2) is 10.3 Å². The fourth-order valence-corrected chi connectivity index (χ4v) is 4.90. The minimum Gasteiger partial charge on any atom is -0.385 e. The Morgan fingerprint density at radius 1 is 1.38 bits per heavy atom. The maximum Gasteiger partial charge on any atom is 0.304 e. The summed E-state index contributed by atoms with van der Waals surface area (Å²) < 4.78 is 26.4. The first-order chi connectivity index (χ1) is 9.77. The topological polar surface area (TPSA) is 107 Å². The molecular weight excluding hydrogens is 314 g/mol. The predicted molar refractivity (Wildman–Crippen MR) is 83.9 cm³/mol. The summed E-state index contributed by atoms with van der Waals surface area (Å²) in [5, 5.41) is 10.7. The van der Waals surface area contributed by atoms with Crippen LogP contribution >= 0.6 is 11.3 Å². The van der Waals surface area contributed by atoms with Crippen LogP contribution < -0.4 is 5.73 Å². The van der Waals surface area contributed by atoms with Crippen molar-refractivity contribution < 1.29 is 13.3 Å². The van der Waals surface area contributed by atoms with E-state index in [2.05, 4.69) is 0 Å². The van der Waals surface area contributed by atoms with Gasteiger partial charge in [-0.15, -0.1) is 0 Å². The Hall–Kier alpha value is -1.19. The molecule has 0 saturated carbocycles. The van der Waals surface area contributed by atoms with Crippen molar-refractivity contribution >= 4 is 32.0 Å². The van der Waals surface area contributed by atoms with Crippen molar-refractivity contribution in [3.8, 4) is 0 Å². The quantitative estimate of drug-likeness (QED) is 0.580. The summed E-state index contributed by atoms with van der Waals surface area (Å²) in [6.07, 6.45) is 1.77. The largest absolute Gasteiger partial charge is 0.385 e. The number of nitro groups is 1. The van der Waals surface area contributed by atoms with E-state index in [1.807, 2.05) is 13.8 Å². The van der Waals surface area contributed by atoms with Gasteiger partial charge in [0, 0.05) is 19.2 Å². The van der Waals surface area contributed by atoms with Crippen molar-refractivity contribution in [1.29, 1.82) is 0 Å². The summed E-state index contributed by atoms with van der Waals surface area (Å²) in [5.41, 5.74) is 5.18. The van der Waals surface area contributed by atoms with E-state index in [0.29, 0.717) is 13.1 Å². The molecule has 1 rings (SSSR count). The first kappa shape index (κ1) is 17.9. The highest BCUT2D eigenvalue weighted by Crippen LogP contribution is 2.36. The lowest BCUT2D eigenvalue weighted by molar-refractivity contribution is -0.383. The second-order valence-electron chi connectivity index (χ2n) is 4.71. The minimum atomic E-state index is -3.73. The van der Waals surface area contributed by atoms with Gasteiger partial charge in [0.2, 0.25) is 0 Å². The zero-order valence-electron chi connectivity index (χ0n) is 12.4. The maximum atomic E-state index is 12.6. The molecule has 1 heterocycles. The van der Waals surface area contributed by atoms with Gasteiger partial charge < -0.3 is 5.73 Å². The summed E-state index contributed by atoms with van der Waals surface area (Å²) in [4.78, 5) is 10.1. The van der Waals surface area contributed by atoms with Gasteiger partial charge in [-0.1, -0.05) is 44.9 Å². The van der Waals surface area contributed by atoms with Crippen LogP contribution in [0.4, 0.5) is 10.7 Å². The van der Waals surface area contributed by atoms with Crippen LogP contribution in [-0.4, -0.2) is 30.7 Å². The summed E-state index contributed by atoms with van der Waals surface area (Å²) in [6, 6.07) is 1.05. The van der Waals surface area contributed by atoms with Gasteiger partial charge in [-0.05, 0) is 5.92 Å². The number of nitrogen functional groups attached to an aromatic ring is 1. The first-order valence-corrected chi connectivity index (χ1v) is 9.07. The molecular formula is C12H21N3O4S2. The van der Waals surface area contributed by atoms with Crippen LogP contribution in [0.1, 0.15) is 33.6 Å². The van der Waals surface area contributed by atoms with E-state index in [1.54, 1.807) is 6.92 Å². The number of hydrogen-bond donors (Lipinski definition) is 1. The van der Waals surface area contributed by atoms with Crippen LogP contribution in [0, 0.1) is 16.0 Å². The van der Waals surface area contributed by atoms with Gasteiger partial charge in [-0.2, -0.15) is 4.31 Å². The highest BCUT2D eigenvalue weighted by atomic mass is 32.2. The van der Waals surface area contributed by atoms with Crippen LogP contribution in [0.2, 0.25) is 0 Å². The summed E-state index contributed by atoms with van der Waals surface area (Å²) in [6.45, 7) is 6.53. The molecule has 0 aliphatic rings. The van der Waals surface area contributed by atoms with Crippen molar-refractivity contribution in [3.05, 3.63) is 16.2 Å². The van der Waals surface area contributed by atoms with Gasteiger partial charge >= 0.3 is 5.69 Å². The normalized spacial score (nSPS) is 12.2. The van der Waals surface area contributed by atoms with Crippen molar-refractivity contribution in [3.63, 3.8) is 0 Å². The fourth-order valence-electron chi connectivity index (χ4n) is 2.00. The number of nitrogens with zero attached hydrogens (tertiary/aromatic N) is 2. The highest BCUT2D eigenvalue weighted by molar-refractivity contribution is 7.91. The van der Waals surface area contributed by atoms with Crippen LogP contribution in [0.5, 0.6) is 0 Å². The van der Waals surface area contributed by atoms with Crippen molar-refractivity contribution in [2.24, 2.45) is 5.92 Å². The first-order valence-electron chi connectivity index (χ1n) is 6.81. The molecule has 9 heteroatoms. The molecule has 0 fully saturated rings. The average Bonchev–Trinajstić information content (AvgIpc) is 2.83. The van der Waals surface area contributed by atoms with E-state index in [4.69, 9.17) is 5.73 Å². The molecule has 0 amide bonds. The van der Waals surface area contributed by atoms with E-state index in [9.17, 15) is 18.5 Å². The Balaban J connectivity index is 3.13. The second-order valence-corrected chi connectivity index (χ2v) is 7.96. The van der Waals surface area contributed by atoms with Crippen molar-refractivity contribution in [1.82, 2.24) is 4.31 Å². The molecule has 7 nitrogen and oxygen atoms in total. The van der Waals surface area contributed by atoms with E-state index in [1.165, 1.54) is 4.31 Å². The Morgan fingerprint density at radius 3 is 2.33 bits per heavy atom. The molecule has 1 aromatic heterocycles. The van der Waals surface area contributed by atoms with Crippen molar-refractivity contribution in [2.45, 2.75) is 37.8 Å². The van der Waals surface area contributed by atoms with Gasteiger partial charge in [0.15, 0.2) is 5.00 Å². The molecule has 0 radical (unpaired) electrons. The Kier molecular flexibility index (Phi) is 6.11. The maximum absolute atomic E-state index is 12.6. The zero-order chi connectivity index (χ0) is 16.2. The molecule has 120 valence electrons. The molecule has 0 unspecified atom stereocenters. The molecule has 0 spiro atoms. The minimum absolute atomic E-state index is 0.0699. The third-order valence-corrected chi connectivity index (χ3v) is 6.82. The molecule has 0 aromatic carbocycles. The summed E-state index contributed by atoms with van der Waals surface area (Å²) in [5.74, 6) is 0.270. The number of anilines is 1. The molecule has 0 bridgehead atoms. The highest BCUT2D eigenvalue weighted by Gasteiger charge is 2.30. The fraction of sp³-hybridized carbons (Fsp3) is 0.667. The zero-order valence-corrected chi connectivity index (χ0v) is 14.0. The van der Waals surface area contributed by atoms with Crippen LogP contribution in [0.3, 0.4) is 0 Å². The summed E-state index contributed by atoms with van der Waals surface area (Å²) >= 11 is 0.742. The Morgan fingerprint density at radius 2 is 1.95 bits per heavy atom. The lowest BCUT2D eigenvalue weighted by Crippen LogP contribution is -2.34. The number of thiophene rings is 1. The summed E-state index contributed by atoms with van der Waals surface area (Å²) in [7, 11) is -3.73. The molecule has 0 aliphatic carbocycles. The molecule has 21 heavy (non-hydrogen) atoms. The lowest BCUT2D eigenvalue weighted by atomic mass is 10.0. The third kappa shape index (κ3) is 3.92. The Labute approximate surface area is 129 Å². The number of rotatable bonds is 8. The lowest BCUT2D eigenvalue weighted by Gasteiger charge is -2.23. The smallest absolute Gasteiger partial charge is 0.304 e.